The highest BCUT2D eigenvalue weighted by molar-refractivity contribution is 7.18. The van der Waals surface area contributed by atoms with Crippen LogP contribution in [0.2, 0.25) is 0 Å². The number of aromatic nitrogens is 2. The Morgan fingerprint density at radius 1 is 1.24 bits per heavy atom. The molecule has 2 aromatic rings. The van der Waals surface area contributed by atoms with E-state index in [0.717, 1.165) is 37.5 Å². The van der Waals surface area contributed by atoms with E-state index in [0.29, 0.717) is 0 Å². The van der Waals surface area contributed by atoms with E-state index in [4.69, 9.17) is 0 Å². The molecule has 0 saturated carbocycles. The third-order valence-electron chi connectivity index (χ3n) is 4.16. The second-order valence-corrected chi connectivity index (χ2v) is 6.82. The molecule has 2 aromatic heterocycles. The first kappa shape index (κ1) is 14.2. The predicted octanol–water partition coefficient (Wildman–Crippen LogP) is 2.42. The largest absolute Gasteiger partial charge is 0.353 e. The molecule has 0 radical (unpaired) electrons. The molecule has 110 valence electrons. The Kier molecular flexibility index (Phi) is 3.56. The maximum absolute atomic E-state index is 9.25. The molecule has 0 aliphatic carbocycles. The first-order valence-corrected chi connectivity index (χ1v) is 8.01. The Balaban J connectivity index is 1.82. The molecule has 1 aliphatic heterocycles. The number of rotatable bonds is 2. The van der Waals surface area contributed by atoms with Crippen molar-refractivity contribution >= 4 is 27.4 Å². The zero-order valence-corrected chi connectivity index (χ0v) is 13.4. The summed E-state index contributed by atoms with van der Waals surface area (Å²) < 4.78 is 1.17. The number of nitrogens with zero attached hydrogens (tertiary/aromatic N) is 5. The van der Waals surface area contributed by atoms with Gasteiger partial charge in [0, 0.05) is 26.2 Å². The third-order valence-corrected chi connectivity index (χ3v) is 5.24. The lowest BCUT2D eigenvalue weighted by Gasteiger charge is -2.40. The molecule has 1 saturated heterocycles. The molecule has 5 nitrogen and oxygen atoms in total. The van der Waals surface area contributed by atoms with Gasteiger partial charge in [-0.25, -0.2) is 9.97 Å². The molecule has 1 fully saturated rings. The predicted molar refractivity (Wildman–Crippen MR) is 85.6 cm³/mol. The quantitative estimate of drug-likeness (QED) is 0.852. The molecule has 21 heavy (non-hydrogen) atoms. The minimum Gasteiger partial charge on any atom is -0.353 e. The van der Waals surface area contributed by atoms with E-state index < -0.39 is 5.54 Å². The maximum Gasteiger partial charge on any atom is 0.150 e. The summed E-state index contributed by atoms with van der Waals surface area (Å²) in [5.74, 6) is 1.03. The SMILES string of the molecule is Cc1csc2c(N3CCN(C(C)(C)C#N)CC3)ncnc12. The number of hydrogen-bond donors (Lipinski definition) is 0. The molecule has 0 unspecified atom stereocenters. The third kappa shape index (κ3) is 2.47. The molecular formula is C15H19N5S. The lowest BCUT2D eigenvalue weighted by Crippen LogP contribution is -2.54. The van der Waals surface area contributed by atoms with Crippen LogP contribution in [-0.2, 0) is 0 Å². The minimum atomic E-state index is -0.396. The van der Waals surface area contributed by atoms with Crippen LogP contribution in [0.4, 0.5) is 5.82 Å². The van der Waals surface area contributed by atoms with Crippen molar-refractivity contribution in [3.63, 3.8) is 0 Å². The van der Waals surface area contributed by atoms with Gasteiger partial charge in [0.05, 0.1) is 16.3 Å². The summed E-state index contributed by atoms with van der Waals surface area (Å²) in [7, 11) is 0. The Hall–Kier alpha value is -1.71. The van der Waals surface area contributed by atoms with Gasteiger partial charge in [-0.15, -0.1) is 11.3 Å². The van der Waals surface area contributed by atoms with E-state index in [-0.39, 0.29) is 0 Å². The smallest absolute Gasteiger partial charge is 0.150 e. The van der Waals surface area contributed by atoms with Crippen molar-refractivity contribution in [2.24, 2.45) is 0 Å². The molecule has 0 amide bonds. The first-order valence-electron chi connectivity index (χ1n) is 7.13. The van der Waals surface area contributed by atoms with Crippen LogP contribution < -0.4 is 4.90 Å². The second kappa shape index (κ2) is 5.24. The van der Waals surface area contributed by atoms with Gasteiger partial charge in [-0.2, -0.15) is 5.26 Å². The van der Waals surface area contributed by atoms with Gasteiger partial charge < -0.3 is 4.90 Å². The average Bonchev–Trinajstić information content (AvgIpc) is 2.89. The van der Waals surface area contributed by atoms with E-state index in [1.54, 1.807) is 17.7 Å². The number of anilines is 1. The summed E-state index contributed by atoms with van der Waals surface area (Å²) in [4.78, 5) is 13.4. The number of nitriles is 1. The summed E-state index contributed by atoms with van der Waals surface area (Å²) in [6.07, 6.45) is 1.66. The zero-order valence-electron chi connectivity index (χ0n) is 12.6. The van der Waals surface area contributed by atoms with Gasteiger partial charge in [0.25, 0.3) is 0 Å². The second-order valence-electron chi connectivity index (χ2n) is 5.94. The van der Waals surface area contributed by atoms with Crippen molar-refractivity contribution in [3.8, 4) is 6.07 Å². The molecule has 6 heteroatoms. The summed E-state index contributed by atoms with van der Waals surface area (Å²) >= 11 is 1.71. The number of aryl methyl sites for hydroxylation is 1. The van der Waals surface area contributed by atoms with Crippen molar-refractivity contribution < 1.29 is 0 Å². The van der Waals surface area contributed by atoms with Gasteiger partial charge in [-0.05, 0) is 31.7 Å². The van der Waals surface area contributed by atoms with E-state index in [1.165, 1.54) is 10.3 Å². The van der Waals surface area contributed by atoms with E-state index >= 15 is 0 Å². The topological polar surface area (TPSA) is 56.0 Å². The molecule has 0 atom stereocenters. The normalized spacial score (nSPS) is 17.1. The van der Waals surface area contributed by atoms with Crippen molar-refractivity contribution in [2.45, 2.75) is 26.3 Å². The molecule has 1 aliphatic rings. The Morgan fingerprint density at radius 2 is 1.95 bits per heavy atom. The number of fused-ring (bicyclic) bond motifs is 1. The maximum atomic E-state index is 9.25. The lowest BCUT2D eigenvalue weighted by atomic mass is 10.0. The van der Waals surface area contributed by atoms with Crippen LogP contribution in [0.15, 0.2) is 11.7 Å². The zero-order chi connectivity index (χ0) is 15.0. The fourth-order valence-corrected chi connectivity index (χ4v) is 3.75. The summed E-state index contributed by atoms with van der Waals surface area (Å²) in [6, 6.07) is 2.38. The van der Waals surface area contributed by atoms with Crippen molar-refractivity contribution in [1.29, 1.82) is 5.26 Å². The Morgan fingerprint density at radius 3 is 2.62 bits per heavy atom. The van der Waals surface area contributed by atoms with Gasteiger partial charge in [0.1, 0.15) is 17.7 Å². The van der Waals surface area contributed by atoms with Crippen molar-refractivity contribution in [2.75, 3.05) is 31.1 Å². The Labute approximate surface area is 128 Å². The highest BCUT2D eigenvalue weighted by Crippen LogP contribution is 2.31. The average molecular weight is 301 g/mol. The highest BCUT2D eigenvalue weighted by atomic mass is 32.1. The monoisotopic (exact) mass is 301 g/mol. The van der Waals surface area contributed by atoms with Crippen LogP contribution in [0, 0.1) is 18.3 Å². The van der Waals surface area contributed by atoms with Crippen LogP contribution in [0.1, 0.15) is 19.4 Å². The van der Waals surface area contributed by atoms with Crippen LogP contribution in [0.5, 0.6) is 0 Å². The van der Waals surface area contributed by atoms with Gasteiger partial charge in [-0.3, -0.25) is 4.90 Å². The standard InChI is InChI=1S/C15H19N5S/c1-11-8-21-13-12(11)17-10-18-14(13)19-4-6-20(7-5-19)15(2,3)9-16/h8,10H,4-7H2,1-3H3. The molecule has 0 bridgehead atoms. The van der Waals surface area contributed by atoms with Gasteiger partial charge >= 0.3 is 0 Å². The van der Waals surface area contributed by atoms with Crippen LogP contribution >= 0.6 is 11.3 Å². The molecule has 3 rings (SSSR count). The van der Waals surface area contributed by atoms with Crippen molar-refractivity contribution in [3.05, 3.63) is 17.3 Å². The van der Waals surface area contributed by atoms with Gasteiger partial charge in [0.15, 0.2) is 0 Å². The molecule has 0 spiro atoms. The van der Waals surface area contributed by atoms with Crippen LogP contribution in [0.3, 0.4) is 0 Å². The summed E-state index contributed by atoms with van der Waals surface area (Å²) in [6.45, 7) is 9.61. The number of thiophene rings is 1. The van der Waals surface area contributed by atoms with E-state index in [2.05, 4.69) is 38.1 Å². The summed E-state index contributed by atoms with van der Waals surface area (Å²) in [5, 5.41) is 11.4. The van der Waals surface area contributed by atoms with E-state index in [1.807, 2.05) is 13.8 Å². The molecule has 0 N–H and O–H groups in total. The van der Waals surface area contributed by atoms with E-state index in [9.17, 15) is 5.26 Å². The fourth-order valence-electron chi connectivity index (χ4n) is 2.73. The van der Waals surface area contributed by atoms with Crippen molar-refractivity contribution in [1.82, 2.24) is 14.9 Å². The van der Waals surface area contributed by atoms with Gasteiger partial charge in [0.2, 0.25) is 0 Å². The molecule has 3 heterocycles. The highest BCUT2D eigenvalue weighted by Gasteiger charge is 2.30. The minimum absolute atomic E-state index is 0.396. The lowest BCUT2D eigenvalue weighted by molar-refractivity contribution is 0.158. The van der Waals surface area contributed by atoms with Crippen LogP contribution in [0.25, 0.3) is 10.2 Å². The fraction of sp³-hybridized carbons (Fsp3) is 0.533. The Bertz CT molecular complexity index is 692. The first-order chi connectivity index (χ1) is 10.0. The van der Waals surface area contributed by atoms with Gasteiger partial charge in [-0.1, -0.05) is 0 Å². The number of piperazine rings is 1. The summed E-state index contributed by atoms with van der Waals surface area (Å²) in [5.41, 5.74) is 1.87. The van der Waals surface area contributed by atoms with Crippen LogP contribution in [-0.4, -0.2) is 46.6 Å². The number of hydrogen-bond acceptors (Lipinski definition) is 6. The molecular weight excluding hydrogens is 282 g/mol. The molecule has 0 aromatic carbocycles.